The Labute approximate surface area is 215 Å². The molecule has 2 aromatic carbocycles. The number of benzene rings is 2. The first-order chi connectivity index (χ1) is 16.3. The summed E-state index contributed by atoms with van der Waals surface area (Å²) >= 11 is 0. The van der Waals surface area contributed by atoms with Crippen molar-refractivity contribution in [3.8, 4) is 11.5 Å². The third kappa shape index (κ3) is 8.72. The van der Waals surface area contributed by atoms with Crippen molar-refractivity contribution in [2.75, 3.05) is 52.5 Å². The van der Waals surface area contributed by atoms with Gasteiger partial charge in [0.25, 0.3) is 0 Å². The van der Waals surface area contributed by atoms with Crippen LogP contribution in [0.2, 0.25) is 0 Å². The number of ether oxygens (including phenoxy) is 2. The Kier molecular flexibility index (Phi) is 11.3. The van der Waals surface area contributed by atoms with Crippen LogP contribution in [0, 0.1) is 24.7 Å². The van der Waals surface area contributed by atoms with Crippen molar-refractivity contribution in [1.82, 2.24) is 9.80 Å². The highest BCUT2D eigenvalue weighted by Crippen LogP contribution is 2.20. The minimum absolute atomic E-state index is 0. The third-order valence-electron chi connectivity index (χ3n) is 6.19. The molecule has 2 aromatic rings. The number of nitrogens with one attached hydrogen (secondary N) is 2. The topological polar surface area (TPSA) is 125 Å². The number of nitrogens with zero attached hydrogens (tertiary/aromatic N) is 2. The predicted molar refractivity (Wildman–Crippen MR) is 145 cm³/mol. The second kappa shape index (κ2) is 13.9. The predicted octanol–water partition coefficient (Wildman–Crippen LogP) is 3.15. The van der Waals surface area contributed by atoms with Crippen LogP contribution in [0.4, 0.5) is 0 Å². The first kappa shape index (κ1) is 28.4. The zero-order valence-electron chi connectivity index (χ0n) is 20.8. The van der Waals surface area contributed by atoms with Gasteiger partial charge in [-0.1, -0.05) is 0 Å². The van der Waals surface area contributed by atoms with Gasteiger partial charge < -0.3 is 30.7 Å². The lowest BCUT2D eigenvalue weighted by Crippen LogP contribution is -2.47. The molecule has 1 fully saturated rings. The molecule has 192 valence electrons. The van der Waals surface area contributed by atoms with Gasteiger partial charge in [-0.15, -0.1) is 12.4 Å². The second-order valence-electron chi connectivity index (χ2n) is 8.88. The maximum Gasteiger partial charge on any atom is 0.122 e. The summed E-state index contributed by atoms with van der Waals surface area (Å²) < 4.78 is 11.9. The maximum absolute atomic E-state index is 7.52. The van der Waals surface area contributed by atoms with Crippen LogP contribution >= 0.6 is 12.4 Å². The number of nitrogens with two attached hydrogens (primary N) is 2. The first-order valence-corrected chi connectivity index (χ1v) is 11.9. The summed E-state index contributed by atoms with van der Waals surface area (Å²) in [6.45, 7) is 11.7. The molecule has 3 rings (SSSR count). The fourth-order valence-corrected chi connectivity index (χ4v) is 4.13. The van der Waals surface area contributed by atoms with Crippen molar-refractivity contribution >= 4 is 24.1 Å². The van der Waals surface area contributed by atoms with Gasteiger partial charge in [0.2, 0.25) is 0 Å². The molecule has 35 heavy (non-hydrogen) atoms. The summed E-state index contributed by atoms with van der Waals surface area (Å²) in [5.41, 5.74) is 14.6. The van der Waals surface area contributed by atoms with Gasteiger partial charge >= 0.3 is 0 Å². The van der Waals surface area contributed by atoms with Gasteiger partial charge in [0.15, 0.2) is 0 Å². The van der Waals surface area contributed by atoms with Gasteiger partial charge in [-0.2, -0.15) is 0 Å². The zero-order valence-corrected chi connectivity index (χ0v) is 21.6. The summed E-state index contributed by atoms with van der Waals surface area (Å²) in [7, 11) is 0. The van der Waals surface area contributed by atoms with Crippen LogP contribution in [0.15, 0.2) is 36.4 Å². The maximum atomic E-state index is 7.52. The average molecular weight is 503 g/mol. The Morgan fingerprint density at radius 1 is 0.743 bits per heavy atom. The van der Waals surface area contributed by atoms with Crippen LogP contribution in [-0.2, 0) is 0 Å². The highest BCUT2D eigenvalue weighted by atomic mass is 35.5. The Balaban J connectivity index is 0.00000432. The minimum atomic E-state index is 0. The van der Waals surface area contributed by atoms with Crippen LogP contribution in [0.1, 0.15) is 35.1 Å². The lowest BCUT2D eigenvalue weighted by Gasteiger charge is -2.34. The number of hydrogen-bond donors (Lipinski definition) is 4. The van der Waals surface area contributed by atoms with E-state index in [0.29, 0.717) is 13.2 Å². The normalized spacial score (nSPS) is 14.2. The van der Waals surface area contributed by atoms with E-state index in [0.717, 1.165) is 85.9 Å². The molecule has 8 nitrogen and oxygen atoms in total. The zero-order chi connectivity index (χ0) is 24.5. The molecule has 0 aromatic heterocycles. The van der Waals surface area contributed by atoms with Gasteiger partial charge in [-0.25, -0.2) is 0 Å². The molecular weight excluding hydrogens is 464 g/mol. The van der Waals surface area contributed by atoms with E-state index in [4.69, 9.17) is 31.8 Å². The summed E-state index contributed by atoms with van der Waals surface area (Å²) in [5, 5.41) is 15.0. The Morgan fingerprint density at radius 2 is 1.11 bits per heavy atom. The molecule has 9 heteroatoms. The smallest absolute Gasteiger partial charge is 0.122 e. The molecule has 0 spiro atoms. The van der Waals surface area contributed by atoms with E-state index in [2.05, 4.69) is 9.80 Å². The number of halogens is 1. The lowest BCUT2D eigenvalue weighted by atomic mass is 10.1. The number of aryl methyl sites for hydroxylation is 2. The number of nitrogen functional groups attached to an aromatic ring is 2. The highest BCUT2D eigenvalue weighted by Gasteiger charge is 2.16. The molecule has 6 N–H and O–H groups in total. The highest BCUT2D eigenvalue weighted by molar-refractivity contribution is 5.95. The third-order valence-corrected chi connectivity index (χ3v) is 6.19. The van der Waals surface area contributed by atoms with Crippen LogP contribution in [-0.4, -0.2) is 74.0 Å². The van der Waals surface area contributed by atoms with Crippen molar-refractivity contribution in [3.05, 3.63) is 58.7 Å². The summed E-state index contributed by atoms with van der Waals surface area (Å²) in [6, 6.07) is 11.3. The molecule has 0 radical (unpaired) electrons. The molecule has 0 bridgehead atoms. The molecular formula is C26H39ClN6O2. The van der Waals surface area contributed by atoms with Crippen LogP contribution in [0.3, 0.4) is 0 Å². The fourth-order valence-electron chi connectivity index (χ4n) is 4.13. The number of piperazine rings is 1. The fraction of sp³-hybridized carbons (Fsp3) is 0.462. The molecule has 1 aliphatic heterocycles. The van der Waals surface area contributed by atoms with Gasteiger partial charge in [0.05, 0.1) is 13.2 Å². The van der Waals surface area contributed by atoms with Gasteiger partial charge in [0, 0.05) is 50.4 Å². The van der Waals surface area contributed by atoms with E-state index in [-0.39, 0.29) is 24.1 Å². The number of hydrogen-bond acceptors (Lipinski definition) is 6. The SMILES string of the molecule is Cc1cc(C(=N)N)ccc1OCCCN1CCN(CCCOc2ccc(C(=N)N)cc2C)CC1.Cl. The molecule has 0 aliphatic carbocycles. The summed E-state index contributed by atoms with van der Waals surface area (Å²) in [5.74, 6) is 1.89. The molecule has 1 saturated heterocycles. The lowest BCUT2D eigenvalue weighted by molar-refractivity contribution is 0.120. The average Bonchev–Trinajstić information content (AvgIpc) is 2.81. The largest absolute Gasteiger partial charge is 0.493 e. The van der Waals surface area contributed by atoms with Crippen molar-refractivity contribution in [1.29, 1.82) is 10.8 Å². The number of rotatable bonds is 12. The standard InChI is InChI=1S/C26H38N6O2.ClH/c1-19-17-21(25(27)28)5-7-23(19)33-15-3-9-31-11-13-32(14-12-31)10-4-16-34-24-8-6-22(26(29)30)18-20(24)2;/h5-8,17-18H,3-4,9-16H2,1-2H3,(H3,27,28)(H3,29,30);1H. The monoisotopic (exact) mass is 502 g/mol. The molecule has 0 saturated carbocycles. The van der Waals surface area contributed by atoms with Gasteiger partial charge in [-0.05, 0) is 74.2 Å². The quantitative estimate of drug-likeness (QED) is 0.201. The first-order valence-electron chi connectivity index (χ1n) is 11.9. The van der Waals surface area contributed by atoms with Crippen molar-refractivity contribution in [2.24, 2.45) is 11.5 Å². The molecule has 0 unspecified atom stereocenters. The van der Waals surface area contributed by atoms with Crippen LogP contribution in [0.25, 0.3) is 0 Å². The number of amidine groups is 2. The second-order valence-corrected chi connectivity index (χ2v) is 8.88. The van der Waals surface area contributed by atoms with E-state index in [1.54, 1.807) is 0 Å². The van der Waals surface area contributed by atoms with Gasteiger partial charge in [-0.3, -0.25) is 10.8 Å². The Bertz CT molecular complexity index is 912. The van der Waals surface area contributed by atoms with E-state index in [1.165, 1.54) is 0 Å². The molecule has 1 aliphatic rings. The Morgan fingerprint density at radius 3 is 1.43 bits per heavy atom. The van der Waals surface area contributed by atoms with Crippen molar-refractivity contribution in [2.45, 2.75) is 26.7 Å². The van der Waals surface area contributed by atoms with Crippen LogP contribution < -0.4 is 20.9 Å². The molecule has 0 amide bonds. The Hall–Kier alpha value is -2.81. The minimum Gasteiger partial charge on any atom is -0.493 e. The van der Waals surface area contributed by atoms with Gasteiger partial charge in [0.1, 0.15) is 23.2 Å². The van der Waals surface area contributed by atoms with E-state index < -0.39 is 0 Å². The van der Waals surface area contributed by atoms with Crippen molar-refractivity contribution in [3.63, 3.8) is 0 Å². The summed E-state index contributed by atoms with van der Waals surface area (Å²) in [4.78, 5) is 5.00. The van der Waals surface area contributed by atoms with Crippen molar-refractivity contribution < 1.29 is 9.47 Å². The van der Waals surface area contributed by atoms with Crippen LogP contribution in [0.5, 0.6) is 11.5 Å². The van der Waals surface area contributed by atoms with E-state index in [9.17, 15) is 0 Å². The molecule has 1 heterocycles. The summed E-state index contributed by atoms with van der Waals surface area (Å²) in [6.07, 6.45) is 1.98. The van der Waals surface area contributed by atoms with E-state index >= 15 is 0 Å². The van der Waals surface area contributed by atoms with E-state index in [1.807, 2.05) is 50.2 Å². The molecule has 0 atom stereocenters.